The monoisotopic (exact) mass is 372 g/mol. The SMILES string of the molecule is COc1cccc(CCNC(=O)c2ccnc(Nc3cccc(C#N)c3)c2)c1. The molecular formula is C22H20N4O2. The number of hydrogen-bond acceptors (Lipinski definition) is 5. The first-order chi connectivity index (χ1) is 13.7. The van der Waals surface area contributed by atoms with Gasteiger partial charge >= 0.3 is 0 Å². The van der Waals surface area contributed by atoms with Crippen molar-refractivity contribution in [3.05, 3.63) is 83.6 Å². The molecule has 3 rings (SSSR count). The zero-order chi connectivity index (χ0) is 19.8. The van der Waals surface area contributed by atoms with E-state index in [9.17, 15) is 4.79 Å². The third-order valence-electron chi connectivity index (χ3n) is 4.12. The van der Waals surface area contributed by atoms with E-state index in [1.807, 2.05) is 30.3 Å². The molecule has 1 aromatic heterocycles. The molecule has 140 valence electrons. The number of nitrogens with one attached hydrogen (secondary N) is 2. The fourth-order valence-electron chi connectivity index (χ4n) is 2.70. The van der Waals surface area contributed by atoms with Crippen LogP contribution < -0.4 is 15.4 Å². The van der Waals surface area contributed by atoms with Crippen LogP contribution in [0.25, 0.3) is 0 Å². The third kappa shape index (κ3) is 5.08. The van der Waals surface area contributed by atoms with Crippen molar-refractivity contribution in [3.63, 3.8) is 0 Å². The van der Waals surface area contributed by atoms with E-state index in [0.717, 1.165) is 17.0 Å². The summed E-state index contributed by atoms with van der Waals surface area (Å²) < 4.78 is 5.21. The van der Waals surface area contributed by atoms with Crippen molar-refractivity contribution >= 4 is 17.4 Å². The number of benzene rings is 2. The first-order valence-electron chi connectivity index (χ1n) is 8.82. The molecule has 0 saturated heterocycles. The Kier molecular flexibility index (Phi) is 6.21. The minimum Gasteiger partial charge on any atom is -0.497 e. The second-order valence-electron chi connectivity index (χ2n) is 6.10. The summed E-state index contributed by atoms with van der Waals surface area (Å²) in [6.45, 7) is 0.515. The quantitative estimate of drug-likeness (QED) is 0.661. The van der Waals surface area contributed by atoms with E-state index in [1.165, 1.54) is 0 Å². The van der Waals surface area contributed by atoms with E-state index in [1.54, 1.807) is 43.6 Å². The molecule has 0 saturated carbocycles. The van der Waals surface area contributed by atoms with Crippen molar-refractivity contribution in [2.45, 2.75) is 6.42 Å². The van der Waals surface area contributed by atoms with Gasteiger partial charge in [0.25, 0.3) is 5.91 Å². The Morgan fingerprint density at radius 1 is 1.14 bits per heavy atom. The normalized spacial score (nSPS) is 10.0. The molecule has 0 fully saturated rings. The van der Waals surface area contributed by atoms with Crippen LogP contribution in [0.4, 0.5) is 11.5 Å². The van der Waals surface area contributed by atoms with Gasteiger partial charge < -0.3 is 15.4 Å². The summed E-state index contributed by atoms with van der Waals surface area (Å²) in [6.07, 6.45) is 2.29. The average molecular weight is 372 g/mol. The van der Waals surface area contributed by atoms with E-state index >= 15 is 0 Å². The van der Waals surface area contributed by atoms with Crippen LogP contribution in [0.1, 0.15) is 21.5 Å². The predicted molar refractivity (Wildman–Crippen MR) is 108 cm³/mol. The largest absolute Gasteiger partial charge is 0.497 e. The molecule has 0 aliphatic heterocycles. The molecule has 1 amide bonds. The van der Waals surface area contributed by atoms with Crippen molar-refractivity contribution in [3.8, 4) is 11.8 Å². The number of rotatable bonds is 7. The lowest BCUT2D eigenvalue weighted by molar-refractivity contribution is 0.0954. The number of methoxy groups -OCH3 is 1. The smallest absolute Gasteiger partial charge is 0.251 e. The molecule has 0 bridgehead atoms. The number of aromatic nitrogens is 1. The Labute approximate surface area is 163 Å². The van der Waals surface area contributed by atoms with Gasteiger partial charge in [0, 0.05) is 24.0 Å². The predicted octanol–water partition coefficient (Wildman–Crippen LogP) is 3.68. The van der Waals surface area contributed by atoms with Gasteiger partial charge in [-0.05, 0) is 54.4 Å². The second kappa shape index (κ2) is 9.19. The van der Waals surface area contributed by atoms with Gasteiger partial charge in [-0.1, -0.05) is 18.2 Å². The van der Waals surface area contributed by atoms with Gasteiger partial charge in [0.2, 0.25) is 0 Å². The number of nitrogens with zero attached hydrogens (tertiary/aromatic N) is 2. The van der Waals surface area contributed by atoms with Crippen LogP contribution in [-0.4, -0.2) is 24.5 Å². The van der Waals surface area contributed by atoms with Crippen molar-refractivity contribution in [1.29, 1.82) is 5.26 Å². The van der Waals surface area contributed by atoms with Gasteiger partial charge in [0.1, 0.15) is 11.6 Å². The lowest BCUT2D eigenvalue weighted by atomic mass is 10.1. The number of nitriles is 1. The summed E-state index contributed by atoms with van der Waals surface area (Å²) in [5.41, 5.74) is 2.90. The summed E-state index contributed by atoms with van der Waals surface area (Å²) in [5, 5.41) is 15.0. The molecule has 3 aromatic rings. The number of anilines is 2. The molecule has 6 nitrogen and oxygen atoms in total. The Morgan fingerprint density at radius 2 is 2.00 bits per heavy atom. The lowest BCUT2D eigenvalue weighted by Crippen LogP contribution is -2.25. The topological polar surface area (TPSA) is 87.0 Å². The number of carbonyl (C=O) groups is 1. The van der Waals surface area contributed by atoms with Crippen LogP contribution in [0.5, 0.6) is 5.75 Å². The highest BCUT2D eigenvalue weighted by Gasteiger charge is 2.07. The minimum atomic E-state index is -0.167. The fraction of sp³-hybridized carbons (Fsp3) is 0.136. The summed E-state index contributed by atoms with van der Waals surface area (Å²) in [5.74, 6) is 1.17. The fourth-order valence-corrected chi connectivity index (χ4v) is 2.70. The third-order valence-corrected chi connectivity index (χ3v) is 4.12. The van der Waals surface area contributed by atoms with Crippen molar-refractivity contribution in [2.24, 2.45) is 0 Å². The Hall–Kier alpha value is -3.85. The maximum Gasteiger partial charge on any atom is 0.251 e. The van der Waals surface area contributed by atoms with E-state index < -0.39 is 0 Å². The summed E-state index contributed by atoms with van der Waals surface area (Å²) in [6, 6.07) is 20.3. The second-order valence-corrected chi connectivity index (χ2v) is 6.10. The van der Waals surface area contributed by atoms with Gasteiger partial charge in [-0.25, -0.2) is 4.98 Å². The maximum atomic E-state index is 12.4. The van der Waals surface area contributed by atoms with E-state index in [-0.39, 0.29) is 5.91 Å². The summed E-state index contributed by atoms with van der Waals surface area (Å²) in [4.78, 5) is 16.7. The first-order valence-corrected chi connectivity index (χ1v) is 8.82. The molecule has 0 aliphatic carbocycles. The number of ether oxygens (including phenoxy) is 1. The zero-order valence-corrected chi connectivity index (χ0v) is 15.5. The van der Waals surface area contributed by atoms with Crippen molar-refractivity contribution < 1.29 is 9.53 Å². The average Bonchev–Trinajstić information content (AvgIpc) is 2.74. The molecule has 2 N–H and O–H groups in total. The van der Waals surface area contributed by atoms with E-state index in [2.05, 4.69) is 21.7 Å². The van der Waals surface area contributed by atoms with Crippen molar-refractivity contribution in [2.75, 3.05) is 19.0 Å². The highest BCUT2D eigenvalue weighted by Crippen LogP contribution is 2.17. The number of amides is 1. The molecule has 0 radical (unpaired) electrons. The summed E-state index contributed by atoms with van der Waals surface area (Å²) >= 11 is 0. The van der Waals surface area contributed by atoms with Gasteiger partial charge in [-0.15, -0.1) is 0 Å². The Balaban J connectivity index is 1.59. The van der Waals surface area contributed by atoms with Gasteiger partial charge in [-0.3, -0.25) is 4.79 Å². The molecule has 0 aliphatic rings. The molecule has 0 atom stereocenters. The van der Waals surface area contributed by atoms with E-state index in [4.69, 9.17) is 10.00 Å². The van der Waals surface area contributed by atoms with Crippen molar-refractivity contribution in [1.82, 2.24) is 10.3 Å². The van der Waals surface area contributed by atoms with Crippen LogP contribution in [-0.2, 0) is 6.42 Å². The highest BCUT2D eigenvalue weighted by atomic mass is 16.5. The van der Waals surface area contributed by atoms with E-state index in [0.29, 0.717) is 29.9 Å². The molecule has 28 heavy (non-hydrogen) atoms. The van der Waals surface area contributed by atoms with Crippen LogP contribution in [0.2, 0.25) is 0 Å². The minimum absolute atomic E-state index is 0.167. The van der Waals surface area contributed by atoms with Crippen LogP contribution in [0.15, 0.2) is 66.9 Å². The molecule has 6 heteroatoms. The number of hydrogen-bond donors (Lipinski definition) is 2. The maximum absolute atomic E-state index is 12.4. The highest BCUT2D eigenvalue weighted by molar-refractivity contribution is 5.94. The standard InChI is InChI=1S/C22H20N4O2/c1-28-20-7-3-4-16(13-20)8-10-25-22(27)18-9-11-24-21(14-18)26-19-6-2-5-17(12-19)15-23/h2-7,9,11-14H,8,10H2,1H3,(H,24,26)(H,25,27). The summed E-state index contributed by atoms with van der Waals surface area (Å²) in [7, 11) is 1.63. The molecular weight excluding hydrogens is 352 g/mol. The Bertz CT molecular complexity index is 1010. The van der Waals surface area contributed by atoms with Gasteiger partial charge in [0.05, 0.1) is 18.7 Å². The number of carbonyl (C=O) groups excluding carboxylic acids is 1. The number of pyridine rings is 1. The van der Waals surface area contributed by atoms with Gasteiger partial charge in [-0.2, -0.15) is 5.26 Å². The van der Waals surface area contributed by atoms with Gasteiger partial charge in [0.15, 0.2) is 0 Å². The van der Waals surface area contributed by atoms with Crippen LogP contribution >= 0.6 is 0 Å². The molecule has 1 heterocycles. The molecule has 2 aromatic carbocycles. The van der Waals surface area contributed by atoms with Crippen LogP contribution in [0, 0.1) is 11.3 Å². The van der Waals surface area contributed by atoms with Crippen LogP contribution in [0.3, 0.4) is 0 Å². The Morgan fingerprint density at radius 3 is 2.82 bits per heavy atom. The molecule has 0 spiro atoms. The lowest BCUT2D eigenvalue weighted by Gasteiger charge is -2.09. The first kappa shape index (κ1) is 18.9. The molecule has 0 unspecified atom stereocenters. The zero-order valence-electron chi connectivity index (χ0n) is 15.5.